The summed E-state index contributed by atoms with van der Waals surface area (Å²) in [6.07, 6.45) is 6.59. The second kappa shape index (κ2) is 11.2. The number of nitrogens with one attached hydrogen (secondary N) is 2. The predicted octanol–water partition coefficient (Wildman–Crippen LogP) is 4.28. The van der Waals surface area contributed by atoms with Crippen LogP contribution >= 0.6 is 35.7 Å². The first-order chi connectivity index (χ1) is 11.4. The Morgan fingerprint density at radius 2 is 2.00 bits per heavy atom. The molecule has 25 heavy (non-hydrogen) atoms. The molecule has 2 aliphatic rings. The number of aliphatic imine (C=N–C) groups is 1. The van der Waals surface area contributed by atoms with Crippen molar-refractivity contribution in [3.8, 4) is 0 Å². The van der Waals surface area contributed by atoms with Crippen molar-refractivity contribution in [3.63, 3.8) is 0 Å². The van der Waals surface area contributed by atoms with E-state index < -0.39 is 0 Å². The molecule has 1 aliphatic carbocycles. The van der Waals surface area contributed by atoms with Crippen LogP contribution in [0.4, 0.5) is 0 Å². The highest BCUT2D eigenvalue weighted by molar-refractivity contribution is 14.0. The Morgan fingerprint density at radius 3 is 2.64 bits per heavy atom. The fourth-order valence-electron chi connectivity index (χ4n) is 4.08. The van der Waals surface area contributed by atoms with Gasteiger partial charge < -0.3 is 15.4 Å². The first-order valence-corrected chi connectivity index (χ1v) is 10.7. The molecule has 2 fully saturated rings. The summed E-state index contributed by atoms with van der Waals surface area (Å²) in [5.41, 5.74) is 0.194. The van der Waals surface area contributed by atoms with Crippen molar-refractivity contribution in [2.24, 2.45) is 16.3 Å². The van der Waals surface area contributed by atoms with Crippen LogP contribution in [0.3, 0.4) is 0 Å². The van der Waals surface area contributed by atoms with Gasteiger partial charge >= 0.3 is 0 Å². The second-order valence-electron chi connectivity index (χ2n) is 8.24. The smallest absolute Gasteiger partial charge is 0.191 e. The fourth-order valence-corrected chi connectivity index (χ4v) is 5.23. The number of hydrogen-bond donors (Lipinski definition) is 2. The van der Waals surface area contributed by atoms with Crippen LogP contribution < -0.4 is 10.6 Å². The molecule has 2 rings (SSSR count). The molecular formula is C19H38IN3OS. The molecule has 1 saturated carbocycles. The number of ether oxygens (including phenoxy) is 1. The minimum atomic E-state index is 0. The monoisotopic (exact) mass is 483 g/mol. The van der Waals surface area contributed by atoms with Gasteiger partial charge in [0.25, 0.3) is 0 Å². The molecule has 4 unspecified atom stereocenters. The van der Waals surface area contributed by atoms with Crippen molar-refractivity contribution in [2.75, 3.05) is 26.0 Å². The summed E-state index contributed by atoms with van der Waals surface area (Å²) in [4.78, 5) is 4.44. The zero-order valence-corrected chi connectivity index (χ0v) is 19.8. The minimum absolute atomic E-state index is 0. The van der Waals surface area contributed by atoms with E-state index in [1.54, 1.807) is 0 Å². The van der Waals surface area contributed by atoms with Gasteiger partial charge in [-0.3, -0.25) is 4.99 Å². The normalized spacial score (nSPS) is 30.7. The van der Waals surface area contributed by atoms with E-state index >= 15 is 0 Å². The van der Waals surface area contributed by atoms with Crippen molar-refractivity contribution in [3.05, 3.63) is 0 Å². The Balaban J connectivity index is 0.00000312. The average Bonchev–Trinajstić information content (AvgIpc) is 2.98. The molecule has 1 heterocycles. The van der Waals surface area contributed by atoms with Crippen LogP contribution in [0.2, 0.25) is 0 Å². The quantitative estimate of drug-likeness (QED) is 0.348. The van der Waals surface area contributed by atoms with E-state index in [4.69, 9.17) is 4.74 Å². The molecule has 2 N–H and O–H groups in total. The molecule has 4 atom stereocenters. The molecular weight excluding hydrogens is 445 g/mol. The van der Waals surface area contributed by atoms with Crippen molar-refractivity contribution in [1.82, 2.24) is 10.6 Å². The number of rotatable bonds is 5. The highest BCUT2D eigenvalue weighted by Crippen LogP contribution is 2.33. The maximum atomic E-state index is 6.09. The van der Waals surface area contributed by atoms with Crippen molar-refractivity contribution in [1.29, 1.82) is 0 Å². The van der Waals surface area contributed by atoms with Crippen LogP contribution in [-0.4, -0.2) is 49.3 Å². The van der Waals surface area contributed by atoms with Crippen molar-refractivity contribution in [2.45, 2.75) is 77.2 Å². The number of thioether (sulfide) groups is 1. The topological polar surface area (TPSA) is 45.7 Å². The van der Waals surface area contributed by atoms with E-state index in [1.807, 2.05) is 7.05 Å². The van der Waals surface area contributed by atoms with E-state index in [1.165, 1.54) is 37.9 Å². The summed E-state index contributed by atoms with van der Waals surface area (Å²) < 4.78 is 6.09. The molecule has 0 bridgehead atoms. The van der Waals surface area contributed by atoms with Gasteiger partial charge in [0.15, 0.2) is 5.96 Å². The first kappa shape index (κ1) is 23.3. The Kier molecular flexibility index (Phi) is 10.5. The molecule has 1 saturated heterocycles. The van der Waals surface area contributed by atoms with E-state index in [0.717, 1.165) is 24.4 Å². The van der Waals surface area contributed by atoms with Gasteiger partial charge in [-0.25, -0.2) is 0 Å². The lowest BCUT2D eigenvalue weighted by Crippen LogP contribution is -2.49. The molecule has 0 aromatic heterocycles. The van der Waals surface area contributed by atoms with Gasteiger partial charge in [0.05, 0.1) is 6.10 Å². The minimum Gasteiger partial charge on any atom is -0.377 e. The zero-order chi connectivity index (χ0) is 17.6. The summed E-state index contributed by atoms with van der Waals surface area (Å²) >= 11 is 2.10. The molecule has 6 heteroatoms. The van der Waals surface area contributed by atoms with E-state index in [0.29, 0.717) is 18.1 Å². The Hall–Kier alpha value is 0.310. The van der Waals surface area contributed by atoms with Gasteiger partial charge in [-0.1, -0.05) is 27.7 Å². The second-order valence-corrected chi connectivity index (χ2v) is 9.82. The van der Waals surface area contributed by atoms with Gasteiger partial charge in [0, 0.05) is 37.4 Å². The van der Waals surface area contributed by atoms with Gasteiger partial charge in [0.2, 0.25) is 0 Å². The standard InChI is InChI=1S/C19H37N3OS.HI/c1-6-24-16-10-9-15(12-16)22-18(20-5)21-13-14-8-7-11-23-17(14)19(2,3)4;/h14-17H,6-13H2,1-5H3,(H2,20,21,22);1H. The highest BCUT2D eigenvalue weighted by Gasteiger charge is 2.35. The molecule has 148 valence electrons. The Bertz CT molecular complexity index is 414. The lowest BCUT2D eigenvalue weighted by atomic mass is 9.78. The van der Waals surface area contributed by atoms with Crippen molar-refractivity contribution < 1.29 is 4.74 Å². The predicted molar refractivity (Wildman–Crippen MR) is 121 cm³/mol. The van der Waals surface area contributed by atoms with Crippen LogP contribution in [-0.2, 0) is 4.74 Å². The lowest BCUT2D eigenvalue weighted by molar-refractivity contribution is -0.0835. The summed E-state index contributed by atoms with van der Waals surface area (Å²) in [5.74, 6) is 2.74. The molecule has 1 aliphatic heterocycles. The van der Waals surface area contributed by atoms with Crippen molar-refractivity contribution >= 4 is 41.7 Å². The summed E-state index contributed by atoms with van der Waals surface area (Å²) in [6.45, 7) is 11.0. The fraction of sp³-hybridized carbons (Fsp3) is 0.947. The zero-order valence-electron chi connectivity index (χ0n) is 16.6. The van der Waals surface area contributed by atoms with Gasteiger partial charge in [-0.05, 0) is 43.3 Å². The number of halogens is 1. The van der Waals surface area contributed by atoms with Crippen LogP contribution in [0.1, 0.15) is 59.8 Å². The molecule has 0 aromatic rings. The highest BCUT2D eigenvalue weighted by atomic mass is 127. The molecule has 0 radical (unpaired) electrons. The van der Waals surface area contributed by atoms with Gasteiger partial charge in [-0.2, -0.15) is 11.8 Å². The number of guanidine groups is 1. The number of nitrogens with zero attached hydrogens (tertiary/aromatic N) is 1. The van der Waals surface area contributed by atoms with E-state index in [-0.39, 0.29) is 29.4 Å². The van der Waals surface area contributed by atoms with Crippen LogP contribution in [0.25, 0.3) is 0 Å². The molecule has 0 aromatic carbocycles. The maximum Gasteiger partial charge on any atom is 0.191 e. The van der Waals surface area contributed by atoms with Crippen LogP contribution in [0.15, 0.2) is 4.99 Å². The Morgan fingerprint density at radius 1 is 1.24 bits per heavy atom. The molecule has 0 spiro atoms. The summed E-state index contributed by atoms with van der Waals surface area (Å²) in [6, 6.07) is 0.571. The third kappa shape index (κ3) is 7.45. The molecule has 4 nitrogen and oxygen atoms in total. The largest absolute Gasteiger partial charge is 0.377 e. The van der Waals surface area contributed by atoms with Gasteiger partial charge in [0.1, 0.15) is 0 Å². The summed E-state index contributed by atoms with van der Waals surface area (Å²) in [7, 11) is 1.88. The van der Waals surface area contributed by atoms with Crippen LogP contribution in [0, 0.1) is 11.3 Å². The lowest BCUT2D eigenvalue weighted by Gasteiger charge is -2.40. The average molecular weight is 484 g/mol. The SMILES string of the molecule is CCSC1CCC(NC(=NC)NCC2CCCOC2C(C)(C)C)C1.I. The summed E-state index contributed by atoms with van der Waals surface area (Å²) in [5, 5.41) is 8.02. The third-order valence-electron chi connectivity index (χ3n) is 5.18. The Labute approximate surface area is 176 Å². The third-order valence-corrected chi connectivity index (χ3v) is 6.41. The van der Waals surface area contributed by atoms with Gasteiger partial charge in [-0.15, -0.1) is 24.0 Å². The van der Waals surface area contributed by atoms with E-state index in [9.17, 15) is 0 Å². The van der Waals surface area contributed by atoms with Crippen LogP contribution in [0.5, 0.6) is 0 Å². The molecule has 0 amide bonds. The first-order valence-electron chi connectivity index (χ1n) is 9.64. The number of hydrogen-bond acceptors (Lipinski definition) is 3. The maximum absolute atomic E-state index is 6.09. The van der Waals surface area contributed by atoms with E-state index in [2.05, 4.69) is 55.1 Å².